The number of rotatable bonds is 4. The van der Waals surface area contributed by atoms with E-state index in [0.717, 1.165) is 10.9 Å². The van der Waals surface area contributed by atoms with E-state index in [1.54, 1.807) is 11.6 Å². The number of para-hydroxylation sites is 1. The van der Waals surface area contributed by atoms with E-state index >= 15 is 0 Å². The van der Waals surface area contributed by atoms with Gasteiger partial charge in [0, 0.05) is 23.2 Å². The molecule has 0 atom stereocenters. The van der Waals surface area contributed by atoms with Crippen molar-refractivity contribution in [2.45, 2.75) is 6.92 Å². The minimum absolute atomic E-state index is 0.0376. The Kier molecular flexibility index (Phi) is 4.29. The van der Waals surface area contributed by atoms with Crippen molar-refractivity contribution in [3.05, 3.63) is 88.2 Å². The lowest BCUT2D eigenvalue weighted by molar-refractivity contribution is -0.384. The number of hydrogen-bond acceptors (Lipinski definition) is 5. The Hall–Kier alpha value is -4.07. The number of anilines is 1. The van der Waals surface area contributed by atoms with Gasteiger partial charge < -0.3 is 5.32 Å². The summed E-state index contributed by atoms with van der Waals surface area (Å²) in [5.41, 5.74) is 2.30. The first-order chi connectivity index (χ1) is 13.5. The normalized spacial score (nSPS) is 10.8. The fourth-order valence-corrected chi connectivity index (χ4v) is 2.90. The molecule has 0 aliphatic rings. The van der Waals surface area contributed by atoms with E-state index in [-0.39, 0.29) is 11.6 Å². The number of carbonyl (C=O) groups is 1. The smallest absolute Gasteiger partial charge is 0.269 e. The second-order valence-corrected chi connectivity index (χ2v) is 6.18. The predicted molar refractivity (Wildman–Crippen MR) is 105 cm³/mol. The topological polar surface area (TPSA) is 103 Å². The third kappa shape index (κ3) is 3.18. The summed E-state index contributed by atoms with van der Waals surface area (Å²) in [6.07, 6.45) is 1.48. The Balaban J connectivity index is 1.60. The summed E-state index contributed by atoms with van der Waals surface area (Å²) in [6.45, 7) is 1.79. The Bertz CT molecular complexity index is 1200. The summed E-state index contributed by atoms with van der Waals surface area (Å²) in [5.74, 6) is 0.268. The van der Waals surface area contributed by atoms with Crippen molar-refractivity contribution < 1.29 is 9.72 Å². The van der Waals surface area contributed by atoms with Crippen LogP contribution in [0.25, 0.3) is 16.7 Å². The molecular formula is C20H15N5O3. The summed E-state index contributed by atoms with van der Waals surface area (Å²) >= 11 is 0. The van der Waals surface area contributed by atoms with Crippen LogP contribution in [0, 0.1) is 17.0 Å². The van der Waals surface area contributed by atoms with Crippen molar-refractivity contribution in [2.24, 2.45) is 0 Å². The number of nitro benzene ring substituents is 1. The third-order valence-corrected chi connectivity index (χ3v) is 4.39. The number of aromatic nitrogens is 3. The van der Waals surface area contributed by atoms with Crippen LogP contribution in [0.5, 0.6) is 0 Å². The number of nitrogens with one attached hydrogen (secondary N) is 1. The van der Waals surface area contributed by atoms with E-state index in [4.69, 9.17) is 0 Å². The highest BCUT2D eigenvalue weighted by molar-refractivity contribution is 6.05. The minimum atomic E-state index is -0.490. The van der Waals surface area contributed by atoms with Gasteiger partial charge in [-0.3, -0.25) is 14.9 Å². The quantitative estimate of drug-likeness (QED) is 0.432. The largest absolute Gasteiger partial charge is 0.322 e. The lowest BCUT2D eigenvalue weighted by Crippen LogP contribution is -2.13. The molecule has 2 aromatic carbocycles. The van der Waals surface area contributed by atoms with E-state index in [2.05, 4.69) is 15.4 Å². The van der Waals surface area contributed by atoms with Gasteiger partial charge >= 0.3 is 0 Å². The SMILES string of the molecule is Cc1c(C(=O)Nc2ccc([N+](=O)[O-])cc2)cnn1-c1ccc2ccccc2n1. The molecule has 1 N–H and O–H groups in total. The number of carbonyl (C=O) groups excluding carboxylic acids is 1. The van der Waals surface area contributed by atoms with Crippen molar-refractivity contribution in [3.63, 3.8) is 0 Å². The number of benzene rings is 2. The number of pyridine rings is 1. The van der Waals surface area contributed by atoms with Crippen LogP contribution in [-0.4, -0.2) is 25.6 Å². The second kappa shape index (κ2) is 6.92. The summed E-state index contributed by atoms with van der Waals surface area (Å²) in [6, 6.07) is 17.2. The first-order valence-corrected chi connectivity index (χ1v) is 8.49. The standard InChI is InChI=1S/C20H15N5O3/c1-13-17(20(26)22-15-7-9-16(10-8-15)25(27)28)12-21-24(13)19-11-6-14-4-2-3-5-18(14)23-19/h2-12H,1H3,(H,22,26). The predicted octanol–water partition coefficient (Wildman–Crippen LogP) is 3.89. The summed E-state index contributed by atoms with van der Waals surface area (Å²) < 4.78 is 1.61. The van der Waals surface area contributed by atoms with E-state index in [1.165, 1.54) is 30.5 Å². The van der Waals surface area contributed by atoms with Crippen LogP contribution in [0.3, 0.4) is 0 Å². The van der Waals surface area contributed by atoms with Crippen molar-refractivity contribution >= 4 is 28.2 Å². The van der Waals surface area contributed by atoms with Crippen molar-refractivity contribution in [1.29, 1.82) is 0 Å². The van der Waals surface area contributed by atoms with E-state index < -0.39 is 4.92 Å². The highest BCUT2D eigenvalue weighted by Crippen LogP contribution is 2.19. The van der Waals surface area contributed by atoms with Gasteiger partial charge in [-0.15, -0.1) is 0 Å². The van der Waals surface area contributed by atoms with E-state index in [9.17, 15) is 14.9 Å². The molecule has 28 heavy (non-hydrogen) atoms. The highest BCUT2D eigenvalue weighted by atomic mass is 16.6. The van der Waals surface area contributed by atoms with Crippen LogP contribution in [0.1, 0.15) is 16.1 Å². The van der Waals surface area contributed by atoms with Gasteiger partial charge in [0.2, 0.25) is 0 Å². The lowest BCUT2D eigenvalue weighted by Gasteiger charge is -2.07. The second-order valence-electron chi connectivity index (χ2n) is 6.18. The lowest BCUT2D eigenvalue weighted by atomic mass is 10.2. The van der Waals surface area contributed by atoms with E-state index in [0.29, 0.717) is 22.8 Å². The van der Waals surface area contributed by atoms with Gasteiger partial charge in [-0.2, -0.15) is 5.10 Å². The maximum Gasteiger partial charge on any atom is 0.269 e. The number of hydrogen-bond donors (Lipinski definition) is 1. The maximum atomic E-state index is 12.6. The fourth-order valence-electron chi connectivity index (χ4n) is 2.90. The van der Waals surface area contributed by atoms with Gasteiger partial charge in [0.05, 0.1) is 27.9 Å². The molecule has 8 nitrogen and oxygen atoms in total. The summed E-state index contributed by atoms with van der Waals surface area (Å²) in [7, 11) is 0. The van der Waals surface area contributed by atoms with Crippen LogP contribution in [0.2, 0.25) is 0 Å². The molecule has 0 unspecified atom stereocenters. The average molecular weight is 373 g/mol. The Morgan fingerprint density at radius 3 is 2.57 bits per heavy atom. The van der Waals surface area contributed by atoms with Gasteiger partial charge in [0.15, 0.2) is 5.82 Å². The number of non-ortho nitro benzene ring substituents is 1. The molecule has 0 bridgehead atoms. The molecule has 0 aliphatic heterocycles. The molecule has 8 heteroatoms. The minimum Gasteiger partial charge on any atom is -0.322 e. The fraction of sp³-hybridized carbons (Fsp3) is 0.0500. The van der Waals surface area contributed by atoms with Gasteiger partial charge in [0.1, 0.15) is 0 Å². The van der Waals surface area contributed by atoms with Crippen molar-refractivity contribution in [3.8, 4) is 5.82 Å². The van der Waals surface area contributed by atoms with Crippen LogP contribution in [0.4, 0.5) is 11.4 Å². The van der Waals surface area contributed by atoms with Crippen LogP contribution in [-0.2, 0) is 0 Å². The molecule has 4 rings (SSSR count). The zero-order valence-electron chi connectivity index (χ0n) is 14.9. The van der Waals surface area contributed by atoms with Gasteiger partial charge in [-0.05, 0) is 37.3 Å². The van der Waals surface area contributed by atoms with Gasteiger partial charge in [-0.25, -0.2) is 9.67 Å². The highest BCUT2D eigenvalue weighted by Gasteiger charge is 2.16. The molecule has 2 aromatic heterocycles. The molecule has 0 saturated carbocycles. The first-order valence-electron chi connectivity index (χ1n) is 8.49. The monoisotopic (exact) mass is 373 g/mol. The molecule has 0 aliphatic carbocycles. The van der Waals surface area contributed by atoms with Crippen molar-refractivity contribution in [1.82, 2.24) is 14.8 Å². The number of amides is 1. The Morgan fingerprint density at radius 1 is 1.07 bits per heavy atom. The summed E-state index contributed by atoms with van der Waals surface area (Å²) in [4.78, 5) is 27.4. The number of fused-ring (bicyclic) bond motifs is 1. The maximum absolute atomic E-state index is 12.6. The third-order valence-electron chi connectivity index (χ3n) is 4.39. The van der Waals surface area contributed by atoms with Gasteiger partial charge in [-0.1, -0.05) is 18.2 Å². The van der Waals surface area contributed by atoms with Crippen LogP contribution in [0.15, 0.2) is 66.9 Å². The zero-order valence-corrected chi connectivity index (χ0v) is 14.9. The number of nitrogens with zero attached hydrogens (tertiary/aromatic N) is 4. The molecule has 1 amide bonds. The van der Waals surface area contributed by atoms with Crippen LogP contribution < -0.4 is 5.32 Å². The van der Waals surface area contributed by atoms with Gasteiger partial charge in [0.25, 0.3) is 11.6 Å². The Morgan fingerprint density at radius 2 is 1.82 bits per heavy atom. The van der Waals surface area contributed by atoms with E-state index in [1.807, 2.05) is 36.4 Å². The molecule has 0 radical (unpaired) electrons. The molecule has 0 saturated heterocycles. The van der Waals surface area contributed by atoms with Crippen LogP contribution >= 0.6 is 0 Å². The average Bonchev–Trinajstić information content (AvgIpc) is 3.09. The molecule has 0 spiro atoms. The van der Waals surface area contributed by atoms with Crippen molar-refractivity contribution in [2.75, 3.05) is 5.32 Å². The molecule has 2 heterocycles. The molecule has 138 valence electrons. The molecule has 0 fully saturated rings. The number of nitro groups is 1. The molecule has 4 aromatic rings. The molecular weight excluding hydrogens is 358 g/mol. The summed E-state index contributed by atoms with van der Waals surface area (Å²) in [5, 5.41) is 18.8. The first kappa shape index (κ1) is 17.3. The zero-order chi connectivity index (χ0) is 19.7. The Labute approximate surface area is 159 Å².